The summed E-state index contributed by atoms with van der Waals surface area (Å²) in [6.45, 7) is 1.47. The molecule has 2 aromatic heterocycles. The molecular weight excluding hydrogens is 539 g/mol. The number of fused-ring (bicyclic) bond motifs is 1. The molecule has 0 spiro atoms. The Morgan fingerprint density at radius 2 is 1.79 bits per heavy atom. The van der Waals surface area contributed by atoms with Crippen LogP contribution in [0.15, 0.2) is 42.6 Å². The molecule has 202 valence electrons. The zero-order valence-electron chi connectivity index (χ0n) is 21.7. The molecule has 1 N–H and O–H groups in total. The topological polar surface area (TPSA) is 94.4 Å². The molecule has 1 saturated carbocycles. The van der Waals surface area contributed by atoms with Crippen LogP contribution in [0.4, 0.5) is 5.95 Å². The van der Waals surface area contributed by atoms with E-state index in [1.54, 1.807) is 32.5 Å². The van der Waals surface area contributed by atoms with Crippen LogP contribution < -0.4 is 14.8 Å². The van der Waals surface area contributed by atoms with Gasteiger partial charge in [-0.1, -0.05) is 23.2 Å². The van der Waals surface area contributed by atoms with E-state index in [2.05, 4.69) is 10.3 Å². The van der Waals surface area contributed by atoms with Gasteiger partial charge in [0.05, 0.1) is 35.3 Å². The summed E-state index contributed by atoms with van der Waals surface area (Å²) in [4.78, 5) is 28.9. The summed E-state index contributed by atoms with van der Waals surface area (Å²) in [5.41, 5.74) is 2.24. The summed E-state index contributed by atoms with van der Waals surface area (Å²) < 4.78 is 13.0. The predicted molar refractivity (Wildman–Crippen MR) is 151 cm³/mol. The SMILES string of the molecule is COc1cc2nc(-c3ccc(Cl)c(Cl)c3)n(-c3ccnc(N[C@@H]4CCCN(C(=O)C5CC5)C4)n3)c2cc1OC. The van der Waals surface area contributed by atoms with Crippen LogP contribution >= 0.6 is 23.2 Å². The number of amides is 1. The Hall–Kier alpha value is -3.56. The zero-order valence-corrected chi connectivity index (χ0v) is 23.2. The van der Waals surface area contributed by atoms with Gasteiger partial charge in [0.25, 0.3) is 0 Å². The lowest BCUT2D eigenvalue weighted by Crippen LogP contribution is -2.45. The lowest BCUT2D eigenvalue weighted by Gasteiger charge is -2.33. The van der Waals surface area contributed by atoms with Crippen molar-refractivity contribution in [2.75, 3.05) is 32.6 Å². The number of hydrogen-bond acceptors (Lipinski definition) is 7. The molecule has 1 aliphatic carbocycles. The first kappa shape index (κ1) is 25.7. The highest BCUT2D eigenvalue weighted by molar-refractivity contribution is 6.42. The van der Waals surface area contributed by atoms with Crippen molar-refractivity contribution in [3.05, 3.63) is 52.6 Å². The maximum Gasteiger partial charge on any atom is 0.225 e. The van der Waals surface area contributed by atoms with Crippen molar-refractivity contribution in [1.82, 2.24) is 24.4 Å². The molecule has 1 aliphatic heterocycles. The van der Waals surface area contributed by atoms with Crippen molar-refractivity contribution < 1.29 is 14.3 Å². The molecule has 9 nitrogen and oxygen atoms in total. The van der Waals surface area contributed by atoms with Crippen LogP contribution in [0.3, 0.4) is 0 Å². The molecule has 6 rings (SSSR count). The molecule has 4 aromatic rings. The lowest BCUT2D eigenvalue weighted by atomic mass is 10.1. The summed E-state index contributed by atoms with van der Waals surface area (Å²) in [5, 5.41) is 4.35. The number of piperidine rings is 1. The number of ether oxygens (including phenoxy) is 2. The van der Waals surface area contributed by atoms with Gasteiger partial charge in [0.1, 0.15) is 11.6 Å². The van der Waals surface area contributed by atoms with Crippen LogP contribution in [-0.2, 0) is 4.79 Å². The third-order valence-electron chi connectivity index (χ3n) is 7.20. The molecule has 1 amide bonds. The molecule has 1 atom stereocenters. The molecular formula is C28H28Cl2N6O3. The van der Waals surface area contributed by atoms with E-state index < -0.39 is 0 Å². The number of methoxy groups -OCH3 is 2. The largest absolute Gasteiger partial charge is 0.493 e. The van der Waals surface area contributed by atoms with Crippen LogP contribution in [0.25, 0.3) is 28.2 Å². The Bertz CT molecular complexity index is 1550. The van der Waals surface area contributed by atoms with Crippen LogP contribution in [-0.4, -0.2) is 63.7 Å². The molecule has 1 saturated heterocycles. The van der Waals surface area contributed by atoms with E-state index in [1.165, 1.54) is 0 Å². The number of aromatic nitrogens is 4. The van der Waals surface area contributed by atoms with E-state index in [0.717, 1.165) is 43.3 Å². The van der Waals surface area contributed by atoms with E-state index in [-0.39, 0.29) is 17.9 Å². The number of imidazole rings is 1. The van der Waals surface area contributed by atoms with Gasteiger partial charge in [-0.25, -0.2) is 9.97 Å². The van der Waals surface area contributed by atoms with Crippen LogP contribution in [0.5, 0.6) is 11.5 Å². The van der Waals surface area contributed by atoms with Crippen LogP contribution in [0.1, 0.15) is 25.7 Å². The normalized spacial score (nSPS) is 17.3. The first-order valence-electron chi connectivity index (χ1n) is 12.9. The second-order valence-corrected chi connectivity index (χ2v) is 10.7. The highest BCUT2D eigenvalue weighted by atomic mass is 35.5. The summed E-state index contributed by atoms with van der Waals surface area (Å²) in [5.74, 6) is 3.36. The van der Waals surface area contributed by atoms with Gasteiger partial charge in [-0.15, -0.1) is 0 Å². The molecule has 2 aromatic carbocycles. The average molecular weight is 567 g/mol. The number of anilines is 1. The number of nitrogens with one attached hydrogen (secondary N) is 1. The number of carbonyl (C=O) groups is 1. The van der Waals surface area contributed by atoms with Gasteiger partial charge in [-0.05, 0) is 49.9 Å². The van der Waals surface area contributed by atoms with Gasteiger partial charge in [0.2, 0.25) is 11.9 Å². The Balaban J connectivity index is 1.39. The van der Waals surface area contributed by atoms with Crippen molar-refractivity contribution in [3.8, 4) is 28.7 Å². The fourth-order valence-corrected chi connectivity index (χ4v) is 5.37. The molecule has 2 fully saturated rings. The van der Waals surface area contributed by atoms with Crippen molar-refractivity contribution >= 4 is 46.1 Å². The Morgan fingerprint density at radius 1 is 1.00 bits per heavy atom. The molecule has 0 bridgehead atoms. The minimum absolute atomic E-state index is 0.0788. The highest BCUT2D eigenvalue weighted by Gasteiger charge is 2.35. The smallest absolute Gasteiger partial charge is 0.225 e. The van der Waals surface area contributed by atoms with E-state index in [0.29, 0.717) is 51.2 Å². The Kier molecular flexibility index (Phi) is 6.95. The summed E-state index contributed by atoms with van der Waals surface area (Å²) in [6.07, 6.45) is 5.63. The second kappa shape index (κ2) is 10.5. The van der Waals surface area contributed by atoms with Gasteiger partial charge in [0.15, 0.2) is 11.5 Å². The standard InChI is InChI=1S/C28H28Cl2N6O3/c1-38-23-13-21-22(14-24(23)39-2)36(26(33-21)17-7-8-19(29)20(30)12-17)25-9-10-31-28(34-25)32-18-4-3-11-35(15-18)27(37)16-5-6-16/h7-10,12-14,16,18H,3-6,11,15H2,1-2H3,(H,31,32,34)/t18-/m1/s1. The summed E-state index contributed by atoms with van der Waals surface area (Å²) in [7, 11) is 3.19. The average Bonchev–Trinajstić information content (AvgIpc) is 3.74. The molecule has 0 radical (unpaired) electrons. The number of benzene rings is 2. The number of likely N-dealkylation sites (tertiary alicyclic amines) is 1. The maximum absolute atomic E-state index is 12.6. The molecule has 2 aliphatic rings. The zero-order chi connectivity index (χ0) is 27.1. The van der Waals surface area contributed by atoms with Crippen molar-refractivity contribution in [1.29, 1.82) is 0 Å². The van der Waals surface area contributed by atoms with Gasteiger partial charge >= 0.3 is 0 Å². The van der Waals surface area contributed by atoms with Gasteiger partial charge in [0, 0.05) is 48.9 Å². The maximum atomic E-state index is 12.6. The second-order valence-electron chi connectivity index (χ2n) is 9.88. The highest BCUT2D eigenvalue weighted by Crippen LogP contribution is 2.37. The third-order valence-corrected chi connectivity index (χ3v) is 7.94. The quantitative estimate of drug-likeness (QED) is 0.310. The molecule has 3 heterocycles. The monoisotopic (exact) mass is 566 g/mol. The van der Waals surface area contributed by atoms with Crippen LogP contribution in [0.2, 0.25) is 10.0 Å². The summed E-state index contributed by atoms with van der Waals surface area (Å²) >= 11 is 12.6. The third kappa shape index (κ3) is 5.08. The minimum atomic E-state index is 0.0788. The lowest BCUT2D eigenvalue weighted by molar-refractivity contribution is -0.133. The minimum Gasteiger partial charge on any atom is -0.493 e. The first-order valence-corrected chi connectivity index (χ1v) is 13.7. The first-order chi connectivity index (χ1) is 18.9. The van der Waals surface area contributed by atoms with E-state index >= 15 is 0 Å². The van der Waals surface area contributed by atoms with Gasteiger partial charge in [-0.2, -0.15) is 4.98 Å². The predicted octanol–water partition coefficient (Wildman–Crippen LogP) is 5.62. The number of rotatable bonds is 7. The van der Waals surface area contributed by atoms with Gasteiger partial charge in [-0.3, -0.25) is 9.36 Å². The fourth-order valence-electron chi connectivity index (χ4n) is 5.07. The van der Waals surface area contributed by atoms with Gasteiger partial charge < -0.3 is 19.7 Å². The fraction of sp³-hybridized carbons (Fsp3) is 0.357. The molecule has 11 heteroatoms. The molecule has 39 heavy (non-hydrogen) atoms. The number of halogens is 2. The number of hydrogen-bond donors (Lipinski definition) is 1. The number of carbonyl (C=O) groups excluding carboxylic acids is 1. The van der Waals surface area contributed by atoms with Crippen molar-refractivity contribution in [2.24, 2.45) is 5.92 Å². The van der Waals surface area contributed by atoms with Crippen LogP contribution in [0, 0.1) is 5.92 Å². The summed E-state index contributed by atoms with van der Waals surface area (Å²) in [6, 6.07) is 11.0. The Labute approximate surface area is 236 Å². The van der Waals surface area contributed by atoms with Crippen molar-refractivity contribution in [2.45, 2.75) is 31.7 Å². The molecule has 0 unspecified atom stereocenters. The van der Waals surface area contributed by atoms with E-state index in [4.69, 9.17) is 42.6 Å². The van der Waals surface area contributed by atoms with E-state index in [1.807, 2.05) is 33.7 Å². The number of nitrogens with zero attached hydrogens (tertiary/aromatic N) is 5. The van der Waals surface area contributed by atoms with E-state index in [9.17, 15) is 4.79 Å². The van der Waals surface area contributed by atoms with Crippen molar-refractivity contribution in [3.63, 3.8) is 0 Å². The Morgan fingerprint density at radius 3 is 2.54 bits per heavy atom.